The summed E-state index contributed by atoms with van der Waals surface area (Å²) in [6, 6.07) is 0. The molecule has 0 saturated heterocycles. The molecule has 1 aliphatic carbocycles. The van der Waals surface area contributed by atoms with Crippen LogP contribution in [0.5, 0.6) is 0 Å². The molecule has 1 aliphatic heterocycles. The average molecular weight is 168 g/mol. The van der Waals surface area contributed by atoms with Crippen LogP contribution in [-0.4, -0.2) is 17.7 Å². The maximum atomic E-state index is 11.2. The van der Waals surface area contributed by atoms with Crippen LogP contribution in [-0.2, 0) is 9.53 Å². The van der Waals surface area contributed by atoms with Crippen molar-refractivity contribution in [1.29, 1.82) is 0 Å². The first-order chi connectivity index (χ1) is 5.57. The number of carbonyl (C=O) groups excluding carboxylic acids is 1. The molecular formula is C9H12O3. The van der Waals surface area contributed by atoms with Gasteiger partial charge in [0.05, 0.1) is 5.92 Å². The number of hydrogen-bond donors (Lipinski definition) is 1. The zero-order valence-electron chi connectivity index (χ0n) is 7.20. The summed E-state index contributed by atoms with van der Waals surface area (Å²) in [6.07, 6.45) is 1.87. The van der Waals surface area contributed by atoms with Crippen LogP contribution in [0.4, 0.5) is 0 Å². The van der Waals surface area contributed by atoms with Crippen LogP contribution in [0.1, 0.15) is 13.8 Å². The van der Waals surface area contributed by atoms with Gasteiger partial charge in [0.25, 0.3) is 0 Å². The van der Waals surface area contributed by atoms with Gasteiger partial charge < -0.3 is 9.84 Å². The van der Waals surface area contributed by atoms with E-state index < -0.39 is 0 Å². The van der Waals surface area contributed by atoms with Crippen LogP contribution in [0.2, 0.25) is 0 Å². The molecule has 1 fully saturated rings. The topological polar surface area (TPSA) is 46.5 Å². The fourth-order valence-corrected chi connectivity index (χ4v) is 1.95. The third-order valence-corrected chi connectivity index (χ3v) is 2.92. The monoisotopic (exact) mass is 168 g/mol. The Morgan fingerprint density at radius 2 is 2.33 bits per heavy atom. The highest BCUT2D eigenvalue weighted by atomic mass is 16.5. The van der Waals surface area contributed by atoms with Gasteiger partial charge in [0.2, 0.25) is 0 Å². The largest absolute Gasteiger partial charge is 0.429 e. The summed E-state index contributed by atoms with van der Waals surface area (Å²) in [5.41, 5.74) is 0.0357. The summed E-state index contributed by atoms with van der Waals surface area (Å²) in [5.74, 6) is 0.525. The molecule has 12 heavy (non-hydrogen) atoms. The van der Waals surface area contributed by atoms with Crippen LogP contribution in [0.25, 0.3) is 0 Å². The molecule has 2 rings (SSSR count). The minimum absolute atomic E-state index is 0.0211. The standard InChI is InChI=1S/C9H12O3/c1-9(2)6-3-5(4-10)12-8(11)7(6)9/h3,6-7,10H,4H2,1-2H3. The van der Waals surface area contributed by atoms with Crippen molar-refractivity contribution in [2.24, 2.45) is 17.3 Å². The Labute approximate surface area is 71.0 Å². The molecule has 0 aromatic rings. The predicted molar refractivity (Wildman–Crippen MR) is 42.0 cm³/mol. The molecule has 0 spiro atoms. The smallest absolute Gasteiger partial charge is 0.315 e. The Bertz CT molecular complexity index is 265. The van der Waals surface area contributed by atoms with Gasteiger partial charge in [0.1, 0.15) is 12.4 Å². The molecule has 66 valence electrons. The second kappa shape index (κ2) is 2.10. The molecule has 0 aromatic carbocycles. The number of aliphatic hydroxyl groups is 1. The van der Waals surface area contributed by atoms with Crippen molar-refractivity contribution in [3.63, 3.8) is 0 Å². The number of allylic oxidation sites excluding steroid dienone is 1. The van der Waals surface area contributed by atoms with Crippen LogP contribution < -0.4 is 0 Å². The number of carbonyl (C=O) groups is 1. The quantitative estimate of drug-likeness (QED) is 0.586. The number of fused-ring (bicyclic) bond motifs is 1. The van der Waals surface area contributed by atoms with E-state index >= 15 is 0 Å². The van der Waals surface area contributed by atoms with Gasteiger partial charge in [-0.3, -0.25) is 4.79 Å². The summed E-state index contributed by atoms with van der Waals surface area (Å²) < 4.78 is 4.90. The van der Waals surface area contributed by atoms with E-state index in [0.29, 0.717) is 5.76 Å². The first kappa shape index (κ1) is 7.80. The first-order valence-corrected chi connectivity index (χ1v) is 4.10. The van der Waals surface area contributed by atoms with E-state index in [9.17, 15) is 4.79 Å². The molecule has 1 N–H and O–H groups in total. The number of aliphatic hydroxyl groups excluding tert-OH is 1. The van der Waals surface area contributed by atoms with E-state index in [1.54, 1.807) is 0 Å². The first-order valence-electron chi connectivity index (χ1n) is 4.10. The van der Waals surface area contributed by atoms with E-state index in [-0.39, 0.29) is 29.8 Å². The van der Waals surface area contributed by atoms with Gasteiger partial charge in [0, 0.05) is 5.92 Å². The summed E-state index contributed by atoms with van der Waals surface area (Å²) in [7, 11) is 0. The van der Waals surface area contributed by atoms with Gasteiger partial charge >= 0.3 is 5.97 Å². The fourth-order valence-electron chi connectivity index (χ4n) is 1.95. The second-order valence-corrected chi connectivity index (χ2v) is 4.04. The Morgan fingerprint density at radius 3 is 2.83 bits per heavy atom. The molecule has 2 aliphatic rings. The molecular weight excluding hydrogens is 156 g/mol. The van der Waals surface area contributed by atoms with Crippen molar-refractivity contribution < 1.29 is 14.6 Å². The number of rotatable bonds is 1. The maximum Gasteiger partial charge on any atom is 0.315 e. The molecule has 3 heteroatoms. The zero-order chi connectivity index (χ0) is 8.93. The third-order valence-electron chi connectivity index (χ3n) is 2.92. The van der Waals surface area contributed by atoms with E-state index in [2.05, 4.69) is 0 Å². The van der Waals surface area contributed by atoms with Gasteiger partial charge in [-0.15, -0.1) is 0 Å². The summed E-state index contributed by atoms with van der Waals surface area (Å²) >= 11 is 0. The lowest BCUT2D eigenvalue weighted by Gasteiger charge is -2.09. The Kier molecular flexibility index (Phi) is 1.37. The van der Waals surface area contributed by atoms with Crippen molar-refractivity contribution in [3.05, 3.63) is 11.8 Å². The van der Waals surface area contributed by atoms with E-state index in [1.807, 2.05) is 19.9 Å². The number of cyclic esters (lactones) is 1. The minimum atomic E-state index is -0.184. The van der Waals surface area contributed by atoms with Crippen molar-refractivity contribution in [1.82, 2.24) is 0 Å². The Morgan fingerprint density at radius 1 is 1.67 bits per heavy atom. The Balaban J connectivity index is 2.26. The fraction of sp³-hybridized carbons (Fsp3) is 0.667. The second-order valence-electron chi connectivity index (χ2n) is 4.04. The molecule has 2 unspecified atom stereocenters. The molecule has 0 bridgehead atoms. The molecule has 1 saturated carbocycles. The highest BCUT2D eigenvalue weighted by Gasteiger charge is 2.63. The van der Waals surface area contributed by atoms with Crippen LogP contribution in [0, 0.1) is 17.3 Å². The van der Waals surface area contributed by atoms with Gasteiger partial charge in [-0.1, -0.05) is 13.8 Å². The molecule has 0 aromatic heterocycles. The molecule has 0 amide bonds. The van der Waals surface area contributed by atoms with Crippen molar-refractivity contribution in [2.75, 3.05) is 6.61 Å². The molecule has 3 nitrogen and oxygen atoms in total. The van der Waals surface area contributed by atoms with Gasteiger partial charge in [-0.05, 0) is 11.5 Å². The van der Waals surface area contributed by atoms with Crippen LogP contribution >= 0.6 is 0 Å². The average Bonchev–Trinajstić information content (AvgIpc) is 2.55. The highest BCUT2D eigenvalue weighted by molar-refractivity contribution is 5.80. The predicted octanol–water partition coefficient (Wildman–Crippen LogP) is 0.692. The van der Waals surface area contributed by atoms with E-state index in [0.717, 1.165) is 0 Å². The molecule has 1 heterocycles. The Hall–Kier alpha value is -0.830. The van der Waals surface area contributed by atoms with Crippen molar-refractivity contribution >= 4 is 5.97 Å². The lowest BCUT2D eigenvalue weighted by atomic mass is 10.1. The number of hydrogen-bond acceptors (Lipinski definition) is 3. The van der Waals surface area contributed by atoms with Gasteiger partial charge in [-0.25, -0.2) is 0 Å². The molecule has 2 atom stereocenters. The highest BCUT2D eigenvalue weighted by Crippen LogP contribution is 2.61. The van der Waals surface area contributed by atoms with Crippen LogP contribution in [0.15, 0.2) is 11.8 Å². The van der Waals surface area contributed by atoms with Gasteiger partial charge in [0.15, 0.2) is 0 Å². The normalized spacial score (nSPS) is 36.6. The van der Waals surface area contributed by atoms with E-state index in [4.69, 9.17) is 9.84 Å². The van der Waals surface area contributed by atoms with Crippen LogP contribution in [0.3, 0.4) is 0 Å². The third kappa shape index (κ3) is 0.829. The lowest BCUT2D eigenvalue weighted by Crippen LogP contribution is -2.14. The number of esters is 1. The minimum Gasteiger partial charge on any atom is -0.429 e. The van der Waals surface area contributed by atoms with E-state index in [1.165, 1.54) is 0 Å². The zero-order valence-corrected chi connectivity index (χ0v) is 7.20. The van der Waals surface area contributed by atoms with Crippen molar-refractivity contribution in [3.8, 4) is 0 Å². The summed E-state index contributed by atoms with van der Waals surface area (Å²) in [6.45, 7) is 3.91. The lowest BCUT2D eigenvalue weighted by molar-refractivity contribution is -0.143. The van der Waals surface area contributed by atoms with Crippen molar-refractivity contribution in [2.45, 2.75) is 13.8 Å². The summed E-state index contributed by atoms with van der Waals surface area (Å²) in [4.78, 5) is 11.2. The summed E-state index contributed by atoms with van der Waals surface area (Å²) in [5, 5.41) is 8.77. The number of ether oxygens (including phenoxy) is 1. The van der Waals surface area contributed by atoms with Gasteiger partial charge in [-0.2, -0.15) is 0 Å². The molecule has 0 radical (unpaired) electrons. The maximum absolute atomic E-state index is 11.2. The SMILES string of the molecule is CC1(C)C2C=C(CO)OC(=O)C21.